The van der Waals surface area contributed by atoms with E-state index in [0.29, 0.717) is 16.9 Å². The highest BCUT2D eigenvalue weighted by atomic mass is 32.2. The van der Waals surface area contributed by atoms with Gasteiger partial charge in [0.15, 0.2) is 0 Å². The number of rotatable bonds is 8. The largest absolute Gasteiger partial charge is 0.326 e. The van der Waals surface area contributed by atoms with Gasteiger partial charge in [-0.1, -0.05) is 36.4 Å². The van der Waals surface area contributed by atoms with Crippen LogP contribution in [0.2, 0.25) is 0 Å². The highest BCUT2D eigenvalue weighted by molar-refractivity contribution is 8.00. The highest BCUT2D eigenvalue weighted by Gasteiger charge is 2.11. The van der Waals surface area contributed by atoms with E-state index >= 15 is 0 Å². The minimum atomic E-state index is -0.472. The third kappa shape index (κ3) is 6.68. The van der Waals surface area contributed by atoms with Crippen LogP contribution < -0.4 is 10.6 Å². The number of nitro benzene ring substituents is 1. The van der Waals surface area contributed by atoms with Crippen molar-refractivity contribution < 1.29 is 14.5 Å². The van der Waals surface area contributed by atoms with Crippen molar-refractivity contribution in [1.82, 2.24) is 0 Å². The van der Waals surface area contributed by atoms with Crippen LogP contribution in [-0.2, 0) is 16.0 Å². The predicted molar refractivity (Wildman–Crippen MR) is 122 cm³/mol. The van der Waals surface area contributed by atoms with Crippen LogP contribution in [0.4, 0.5) is 17.1 Å². The number of benzene rings is 3. The van der Waals surface area contributed by atoms with Gasteiger partial charge in [-0.05, 0) is 42.3 Å². The van der Waals surface area contributed by atoms with Crippen molar-refractivity contribution in [1.29, 1.82) is 0 Å². The minimum Gasteiger partial charge on any atom is -0.326 e. The van der Waals surface area contributed by atoms with Crippen molar-refractivity contribution in [2.24, 2.45) is 0 Å². The lowest BCUT2D eigenvalue weighted by Gasteiger charge is -2.09. The molecule has 3 rings (SSSR count). The molecule has 0 aromatic heterocycles. The Labute approximate surface area is 184 Å². The molecule has 0 saturated carbocycles. The average molecular weight is 436 g/mol. The Bertz CT molecular complexity index is 1100. The van der Waals surface area contributed by atoms with Crippen molar-refractivity contribution in [2.45, 2.75) is 18.2 Å². The summed E-state index contributed by atoms with van der Waals surface area (Å²) in [5.41, 5.74) is 2.74. The summed E-state index contributed by atoms with van der Waals surface area (Å²) < 4.78 is 0. The van der Waals surface area contributed by atoms with E-state index in [9.17, 15) is 19.7 Å². The molecule has 158 valence electrons. The molecule has 0 aliphatic heterocycles. The maximum atomic E-state index is 12.3. The van der Waals surface area contributed by atoms with Crippen molar-refractivity contribution in [3.8, 4) is 0 Å². The number of thioether (sulfide) groups is 1. The summed E-state index contributed by atoms with van der Waals surface area (Å²) in [5.74, 6) is -0.169. The molecule has 0 bridgehead atoms. The Morgan fingerprint density at radius 2 is 1.71 bits per heavy atom. The molecule has 0 heterocycles. The summed E-state index contributed by atoms with van der Waals surface area (Å²) in [4.78, 5) is 35.7. The molecule has 8 heteroatoms. The normalized spacial score (nSPS) is 10.4. The van der Waals surface area contributed by atoms with Crippen LogP contribution in [0, 0.1) is 17.0 Å². The molecule has 0 spiro atoms. The third-order valence-corrected chi connectivity index (χ3v) is 5.38. The van der Waals surface area contributed by atoms with Gasteiger partial charge < -0.3 is 10.6 Å². The number of amides is 2. The third-order valence-electron chi connectivity index (χ3n) is 4.39. The fraction of sp³-hybridized carbons (Fsp3) is 0.130. The van der Waals surface area contributed by atoms with E-state index in [1.165, 1.54) is 30.0 Å². The maximum absolute atomic E-state index is 12.3. The van der Waals surface area contributed by atoms with E-state index in [-0.39, 0.29) is 29.7 Å². The summed E-state index contributed by atoms with van der Waals surface area (Å²) in [5, 5.41) is 16.5. The fourth-order valence-corrected chi connectivity index (χ4v) is 3.64. The van der Waals surface area contributed by atoms with Crippen LogP contribution in [0.5, 0.6) is 0 Å². The lowest BCUT2D eigenvalue weighted by atomic mass is 10.1. The molecule has 0 radical (unpaired) electrons. The van der Waals surface area contributed by atoms with Crippen molar-refractivity contribution in [3.05, 3.63) is 94.0 Å². The summed E-state index contributed by atoms with van der Waals surface area (Å²) in [6.07, 6.45) is 0.287. The summed E-state index contributed by atoms with van der Waals surface area (Å²) in [6, 6.07) is 21.1. The van der Waals surface area contributed by atoms with Crippen LogP contribution >= 0.6 is 11.8 Å². The van der Waals surface area contributed by atoms with Gasteiger partial charge >= 0.3 is 0 Å². The van der Waals surface area contributed by atoms with Crippen molar-refractivity contribution in [2.75, 3.05) is 16.4 Å². The number of hydrogen-bond acceptors (Lipinski definition) is 5. The van der Waals surface area contributed by atoms with Crippen LogP contribution in [0.1, 0.15) is 11.1 Å². The van der Waals surface area contributed by atoms with Crippen molar-refractivity contribution >= 4 is 40.6 Å². The fourth-order valence-electron chi connectivity index (χ4n) is 2.89. The Kier molecular flexibility index (Phi) is 7.40. The molecule has 0 aliphatic carbocycles. The number of nitrogens with one attached hydrogen (secondary N) is 2. The molecule has 0 atom stereocenters. The van der Waals surface area contributed by atoms with E-state index in [4.69, 9.17) is 0 Å². The number of nitrogens with zero attached hydrogens (tertiary/aromatic N) is 1. The van der Waals surface area contributed by atoms with Gasteiger partial charge in [0.05, 0.1) is 17.1 Å². The molecular weight excluding hydrogens is 414 g/mol. The summed E-state index contributed by atoms with van der Waals surface area (Å²) in [6.45, 7) is 1.71. The van der Waals surface area contributed by atoms with Gasteiger partial charge in [-0.2, -0.15) is 0 Å². The SMILES string of the molecule is Cc1cc([N+](=O)[O-])ccc1NC(=O)CSc1cccc(NC(=O)Cc2ccccc2)c1. The van der Waals surface area contributed by atoms with Crippen LogP contribution in [0.3, 0.4) is 0 Å². The molecule has 31 heavy (non-hydrogen) atoms. The van der Waals surface area contributed by atoms with E-state index in [1.54, 1.807) is 13.0 Å². The first-order valence-corrected chi connectivity index (χ1v) is 10.5. The number of anilines is 2. The van der Waals surface area contributed by atoms with Gasteiger partial charge in [-0.25, -0.2) is 0 Å². The van der Waals surface area contributed by atoms with E-state index in [1.807, 2.05) is 48.5 Å². The van der Waals surface area contributed by atoms with E-state index in [0.717, 1.165) is 10.5 Å². The lowest BCUT2D eigenvalue weighted by molar-refractivity contribution is -0.384. The smallest absolute Gasteiger partial charge is 0.269 e. The Balaban J connectivity index is 1.53. The van der Waals surface area contributed by atoms with Crippen LogP contribution in [0.25, 0.3) is 0 Å². The summed E-state index contributed by atoms with van der Waals surface area (Å²) in [7, 11) is 0. The molecular formula is C23H21N3O4S. The molecule has 0 unspecified atom stereocenters. The molecule has 2 amide bonds. The number of carbonyl (C=O) groups is 2. The molecule has 0 fully saturated rings. The zero-order chi connectivity index (χ0) is 22.2. The van der Waals surface area contributed by atoms with Gasteiger partial charge in [-0.15, -0.1) is 11.8 Å². The maximum Gasteiger partial charge on any atom is 0.269 e. The summed E-state index contributed by atoms with van der Waals surface area (Å²) >= 11 is 1.34. The second-order valence-electron chi connectivity index (χ2n) is 6.83. The zero-order valence-corrected chi connectivity index (χ0v) is 17.6. The second kappa shape index (κ2) is 10.4. The zero-order valence-electron chi connectivity index (χ0n) is 16.8. The van der Waals surface area contributed by atoms with Crippen LogP contribution in [0.15, 0.2) is 77.7 Å². The first kappa shape index (κ1) is 22.0. The molecule has 0 aliphatic rings. The van der Waals surface area contributed by atoms with E-state index < -0.39 is 4.92 Å². The van der Waals surface area contributed by atoms with Gasteiger partial charge in [0, 0.05) is 28.4 Å². The van der Waals surface area contributed by atoms with Crippen LogP contribution in [-0.4, -0.2) is 22.5 Å². The molecule has 0 saturated heterocycles. The first-order valence-electron chi connectivity index (χ1n) is 9.52. The average Bonchev–Trinajstić information content (AvgIpc) is 2.74. The second-order valence-corrected chi connectivity index (χ2v) is 7.88. The Morgan fingerprint density at radius 3 is 2.42 bits per heavy atom. The molecule has 2 N–H and O–H groups in total. The van der Waals surface area contributed by atoms with E-state index in [2.05, 4.69) is 10.6 Å². The topological polar surface area (TPSA) is 101 Å². The lowest BCUT2D eigenvalue weighted by Crippen LogP contribution is -2.15. The number of carbonyl (C=O) groups excluding carboxylic acids is 2. The standard InChI is InChI=1S/C23H21N3O4S/c1-16-12-19(26(29)30)10-11-21(16)25-23(28)15-31-20-9-5-8-18(14-20)24-22(27)13-17-6-3-2-4-7-17/h2-12,14H,13,15H2,1H3,(H,24,27)(H,25,28). The number of nitro groups is 1. The Morgan fingerprint density at radius 1 is 0.935 bits per heavy atom. The van der Waals surface area contributed by atoms with Gasteiger partial charge in [-0.3, -0.25) is 19.7 Å². The number of hydrogen-bond donors (Lipinski definition) is 2. The number of non-ortho nitro benzene ring substituents is 1. The first-order chi connectivity index (χ1) is 14.9. The molecule has 3 aromatic carbocycles. The molecule has 3 aromatic rings. The molecule has 7 nitrogen and oxygen atoms in total. The van der Waals surface area contributed by atoms with Gasteiger partial charge in [0.1, 0.15) is 0 Å². The van der Waals surface area contributed by atoms with Gasteiger partial charge in [0.25, 0.3) is 5.69 Å². The monoisotopic (exact) mass is 435 g/mol. The highest BCUT2D eigenvalue weighted by Crippen LogP contribution is 2.24. The Hall–Kier alpha value is -3.65. The number of aryl methyl sites for hydroxylation is 1. The van der Waals surface area contributed by atoms with Gasteiger partial charge in [0.2, 0.25) is 11.8 Å². The van der Waals surface area contributed by atoms with Crippen molar-refractivity contribution in [3.63, 3.8) is 0 Å². The predicted octanol–water partition coefficient (Wildman–Crippen LogP) is 4.82. The quantitative estimate of drug-likeness (QED) is 0.300. The minimum absolute atomic E-state index is 0.0176.